The van der Waals surface area contributed by atoms with Crippen LogP contribution in [0.25, 0.3) is 11.1 Å². The van der Waals surface area contributed by atoms with E-state index >= 15 is 0 Å². The molecule has 7 heteroatoms. The lowest BCUT2D eigenvalue weighted by Crippen LogP contribution is -2.52. The van der Waals surface area contributed by atoms with Crippen molar-refractivity contribution in [3.05, 3.63) is 58.6 Å². The molecule has 3 aliphatic heterocycles. The van der Waals surface area contributed by atoms with Gasteiger partial charge in [0.1, 0.15) is 0 Å². The van der Waals surface area contributed by atoms with E-state index in [0.717, 1.165) is 35.2 Å². The van der Waals surface area contributed by atoms with Crippen molar-refractivity contribution < 1.29 is 19.1 Å². The molecule has 3 fully saturated rings. The molecule has 3 saturated heterocycles. The average Bonchev–Trinajstić information content (AvgIpc) is 2.75. The van der Waals surface area contributed by atoms with Gasteiger partial charge in [0.15, 0.2) is 0 Å². The van der Waals surface area contributed by atoms with Crippen LogP contribution in [-0.4, -0.2) is 42.4 Å². The summed E-state index contributed by atoms with van der Waals surface area (Å²) in [6, 6.07) is 13.7. The molecule has 1 N–H and O–H groups in total. The fourth-order valence-corrected chi connectivity index (χ4v) is 5.23. The molecule has 0 radical (unpaired) electrons. The van der Waals surface area contributed by atoms with Crippen molar-refractivity contribution in [1.29, 1.82) is 0 Å². The van der Waals surface area contributed by atoms with Crippen molar-refractivity contribution in [2.45, 2.75) is 38.1 Å². The number of ether oxygens (including phenoxy) is 1. The molecular weight excluding hydrogens is 428 g/mol. The molecule has 0 aromatic heterocycles. The quantitative estimate of drug-likeness (QED) is 0.718. The Labute approximate surface area is 191 Å². The normalized spacial score (nSPS) is 22.6. The van der Waals surface area contributed by atoms with Crippen molar-refractivity contribution in [3.8, 4) is 11.1 Å². The molecule has 3 amide bonds. The first kappa shape index (κ1) is 21.2. The van der Waals surface area contributed by atoms with E-state index in [-0.39, 0.29) is 23.1 Å². The smallest absolute Gasteiger partial charge is 0.234 e. The number of piperidine rings is 2. The molecule has 6 nitrogen and oxygen atoms in total. The van der Waals surface area contributed by atoms with Gasteiger partial charge in [0.25, 0.3) is 0 Å². The fourth-order valence-electron chi connectivity index (χ4n) is 4.86. The van der Waals surface area contributed by atoms with Crippen LogP contribution in [0, 0.1) is 5.41 Å². The summed E-state index contributed by atoms with van der Waals surface area (Å²) in [6.45, 7) is 2.78. The van der Waals surface area contributed by atoms with Gasteiger partial charge in [-0.1, -0.05) is 54.1 Å². The number of hydrogen-bond acceptors (Lipinski definition) is 4. The van der Waals surface area contributed by atoms with Crippen LogP contribution in [0.4, 0.5) is 0 Å². The van der Waals surface area contributed by atoms with Gasteiger partial charge in [0.05, 0.1) is 24.2 Å². The van der Waals surface area contributed by atoms with Crippen molar-refractivity contribution >= 4 is 29.3 Å². The second kappa shape index (κ2) is 8.34. The predicted molar refractivity (Wildman–Crippen MR) is 120 cm³/mol. The molecular formula is C25H25ClN2O4. The molecule has 32 heavy (non-hydrogen) atoms. The summed E-state index contributed by atoms with van der Waals surface area (Å²) in [5.74, 6) is -0.757. The number of likely N-dealkylation sites (tertiary alicyclic amines) is 1. The molecule has 0 saturated carbocycles. The van der Waals surface area contributed by atoms with E-state index in [1.165, 1.54) is 0 Å². The number of hydrogen-bond donors (Lipinski definition) is 1. The first-order valence-electron chi connectivity index (χ1n) is 11.0. The van der Waals surface area contributed by atoms with Gasteiger partial charge in [-0.25, -0.2) is 0 Å². The number of benzene rings is 2. The monoisotopic (exact) mass is 452 g/mol. The summed E-state index contributed by atoms with van der Waals surface area (Å²) in [7, 11) is 0. The minimum Gasteiger partial charge on any atom is -0.380 e. The molecule has 2 aromatic rings. The second-order valence-electron chi connectivity index (χ2n) is 9.14. The van der Waals surface area contributed by atoms with E-state index in [0.29, 0.717) is 44.0 Å². The minimum absolute atomic E-state index is 0.0851. The van der Waals surface area contributed by atoms with Gasteiger partial charge in [-0.3, -0.25) is 19.7 Å². The molecule has 1 spiro atoms. The van der Waals surface area contributed by atoms with E-state index < -0.39 is 5.92 Å². The maximum absolute atomic E-state index is 12.6. The van der Waals surface area contributed by atoms with Crippen LogP contribution >= 0.6 is 11.6 Å². The Morgan fingerprint density at radius 1 is 1.09 bits per heavy atom. The Kier molecular flexibility index (Phi) is 5.51. The molecule has 2 aromatic carbocycles. The van der Waals surface area contributed by atoms with Crippen molar-refractivity contribution in [3.63, 3.8) is 0 Å². The van der Waals surface area contributed by atoms with Gasteiger partial charge < -0.3 is 9.64 Å². The predicted octanol–water partition coefficient (Wildman–Crippen LogP) is 3.67. The summed E-state index contributed by atoms with van der Waals surface area (Å²) in [5.41, 5.74) is 3.69. The molecule has 1 atom stereocenters. The number of nitrogens with zero attached hydrogens (tertiary/aromatic N) is 1. The molecule has 166 valence electrons. The van der Waals surface area contributed by atoms with E-state index in [9.17, 15) is 14.4 Å². The van der Waals surface area contributed by atoms with Gasteiger partial charge in [0.2, 0.25) is 17.7 Å². The van der Waals surface area contributed by atoms with E-state index in [4.69, 9.17) is 16.3 Å². The lowest BCUT2D eigenvalue weighted by Gasteiger charge is -2.46. The van der Waals surface area contributed by atoms with Crippen molar-refractivity contribution in [1.82, 2.24) is 10.2 Å². The zero-order chi connectivity index (χ0) is 22.3. The van der Waals surface area contributed by atoms with Crippen LogP contribution in [-0.2, 0) is 25.7 Å². The largest absolute Gasteiger partial charge is 0.380 e. The highest BCUT2D eigenvalue weighted by Gasteiger charge is 2.44. The van der Waals surface area contributed by atoms with Gasteiger partial charge in [-0.2, -0.15) is 0 Å². The Morgan fingerprint density at radius 3 is 2.53 bits per heavy atom. The van der Waals surface area contributed by atoms with Crippen LogP contribution in [0.3, 0.4) is 0 Å². The lowest BCUT2D eigenvalue weighted by atomic mass is 9.76. The van der Waals surface area contributed by atoms with E-state index in [1.807, 2.05) is 47.4 Å². The molecule has 0 bridgehead atoms. The lowest BCUT2D eigenvalue weighted by molar-refractivity contribution is -0.165. The van der Waals surface area contributed by atoms with Crippen molar-refractivity contribution in [2.75, 3.05) is 19.8 Å². The van der Waals surface area contributed by atoms with Gasteiger partial charge in [0, 0.05) is 36.9 Å². The number of halogens is 1. The number of imide groups is 1. The minimum atomic E-state index is -0.422. The van der Waals surface area contributed by atoms with Gasteiger partial charge >= 0.3 is 0 Å². The number of carbonyl (C=O) groups excluding carboxylic acids is 3. The number of nitrogens with one attached hydrogen (secondary N) is 1. The third-order valence-corrected chi connectivity index (χ3v) is 7.31. The molecule has 3 aliphatic rings. The number of carbonyl (C=O) groups is 3. The number of rotatable bonds is 4. The summed E-state index contributed by atoms with van der Waals surface area (Å²) in [6.07, 6.45) is 2.35. The van der Waals surface area contributed by atoms with Crippen LogP contribution in [0.5, 0.6) is 0 Å². The Bertz CT molecular complexity index is 1080. The summed E-state index contributed by atoms with van der Waals surface area (Å²) < 4.78 is 5.32. The second-order valence-corrected chi connectivity index (χ2v) is 9.52. The first-order valence-corrected chi connectivity index (χ1v) is 11.4. The highest BCUT2D eigenvalue weighted by atomic mass is 35.5. The third-order valence-electron chi connectivity index (χ3n) is 6.89. The van der Waals surface area contributed by atoms with E-state index in [1.54, 1.807) is 0 Å². The Hall–Kier alpha value is -2.70. The topological polar surface area (TPSA) is 75.7 Å². The zero-order valence-electron chi connectivity index (χ0n) is 17.7. The summed E-state index contributed by atoms with van der Waals surface area (Å²) in [4.78, 5) is 38.3. The Morgan fingerprint density at radius 2 is 1.88 bits per heavy atom. The number of amides is 3. The Balaban J connectivity index is 1.30. The van der Waals surface area contributed by atoms with Gasteiger partial charge in [-0.15, -0.1) is 0 Å². The maximum atomic E-state index is 12.6. The maximum Gasteiger partial charge on any atom is 0.234 e. The van der Waals surface area contributed by atoms with Crippen LogP contribution < -0.4 is 5.32 Å². The molecule has 3 heterocycles. The SMILES string of the molecule is O=C1CCC(c2cccc(-c3ccc(CN4CCC5(COC5)CC4=O)cc3)c2Cl)C(=O)N1. The third kappa shape index (κ3) is 3.93. The first-order chi connectivity index (χ1) is 15.4. The fraction of sp³-hybridized carbons (Fsp3) is 0.400. The summed E-state index contributed by atoms with van der Waals surface area (Å²) in [5, 5.41) is 2.94. The molecule has 0 aliphatic carbocycles. The highest BCUT2D eigenvalue weighted by molar-refractivity contribution is 6.34. The molecule has 5 rings (SSSR count). The van der Waals surface area contributed by atoms with Gasteiger partial charge in [-0.05, 0) is 29.5 Å². The summed E-state index contributed by atoms with van der Waals surface area (Å²) >= 11 is 6.71. The average molecular weight is 453 g/mol. The van der Waals surface area contributed by atoms with E-state index in [2.05, 4.69) is 5.32 Å². The van der Waals surface area contributed by atoms with Crippen LogP contribution in [0.15, 0.2) is 42.5 Å². The standard InChI is InChI=1S/C25H25ClN2O4/c26-23-18(2-1-3-19(23)20-8-9-21(29)27-24(20)31)17-6-4-16(5-7-17)13-28-11-10-25(12-22(28)30)14-32-15-25/h1-7,20H,8-15H2,(H,27,29,31). The van der Waals surface area contributed by atoms with Crippen molar-refractivity contribution in [2.24, 2.45) is 5.41 Å². The molecule has 1 unspecified atom stereocenters. The van der Waals surface area contributed by atoms with Crippen LogP contribution in [0.1, 0.15) is 42.7 Å². The van der Waals surface area contributed by atoms with Crippen LogP contribution in [0.2, 0.25) is 5.02 Å². The highest BCUT2D eigenvalue weighted by Crippen LogP contribution is 2.40. The zero-order valence-corrected chi connectivity index (χ0v) is 18.5.